The fourth-order valence-corrected chi connectivity index (χ4v) is 2.34. The van der Waals surface area contributed by atoms with Gasteiger partial charge in [-0.05, 0) is 19.3 Å². The predicted octanol–water partition coefficient (Wildman–Crippen LogP) is 0.936. The highest BCUT2D eigenvalue weighted by molar-refractivity contribution is 5.92. The standard InChI is InChI=1S/C12H20N4O2/c1-3-9-14-10(12(17)18-2)11(13)16(9)15-7-5-4-6-8-15/h3-8,13H2,1-2H3. The molecule has 2 rings (SSSR count). The van der Waals surface area contributed by atoms with Crippen molar-refractivity contribution in [2.75, 3.05) is 30.9 Å². The molecule has 6 nitrogen and oxygen atoms in total. The molecule has 2 heterocycles. The van der Waals surface area contributed by atoms with Crippen molar-refractivity contribution in [3.8, 4) is 0 Å². The molecule has 0 unspecified atom stereocenters. The highest BCUT2D eigenvalue weighted by atomic mass is 16.5. The van der Waals surface area contributed by atoms with Crippen LogP contribution in [0.2, 0.25) is 0 Å². The Balaban J connectivity index is 2.38. The van der Waals surface area contributed by atoms with Crippen molar-refractivity contribution in [2.45, 2.75) is 32.6 Å². The number of ether oxygens (including phenoxy) is 1. The van der Waals surface area contributed by atoms with Gasteiger partial charge in [0, 0.05) is 19.5 Å². The van der Waals surface area contributed by atoms with Gasteiger partial charge in [0.25, 0.3) is 0 Å². The fraction of sp³-hybridized carbons (Fsp3) is 0.667. The van der Waals surface area contributed by atoms with Gasteiger partial charge >= 0.3 is 5.97 Å². The minimum absolute atomic E-state index is 0.222. The lowest BCUT2D eigenvalue weighted by Gasteiger charge is -2.31. The number of esters is 1. The molecule has 0 amide bonds. The number of aryl methyl sites for hydroxylation is 1. The molecule has 1 fully saturated rings. The maximum Gasteiger partial charge on any atom is 0.360 e. The number of hydrogen-bond donors (Lipinski definition) is 1. The summed E-state index contributed by atoms with van der Waals surface area (Å²) in [5.41, 5.74) is 6.27. The number of nitrogens with two attached hydrogens (primary N) is 1. The molecule has 0 aromatic carbocycles. The molecule has 0 atom stereocenters. The maximum absolute atomic E-state index is 11.6. The third-order valence-corrected chi connectivity index (χ3v) is 3.27. The van der Waals surface area contributed by atoms with Crippen LogP contribution in [0.3, 0.4) is 0 Å². The smallest absolute Gasteiger partial charge is 0.360 e. The molecule has 1 aliphatic heterocycles. The van der Waals surface area contributed by atoms with E-state index < -0.39 is 5.97 Å². The van der Waals surface area contributed by atoms with Gasteiger partial charge in [0.15, 0.2) is 11.5 Å². The summed E-state index contributed by atoms with van der Waals surface area (Å²) in [6, 6.07) is 0. The van der Waals surface area contributed by atoms with E-state index in [1.54, 1.807) is 0 Å². The number of carbonyl (C=O) groups excluding carboxylic acids is 1. The molecule has 18 heavy (non-hydrogen) atoms. The van der Waals surface area contributed by atoms with Crippen molar-refractivity contribution in [1.82, 2.24) is 9.66 Å². The molecule has 0 aliphatic carbocycles. The number of imidazole rings is 1. The van der Waals surface area contributed by atoms with Crippen LogP contribution in [0.25, 0.3) is 0 Å². The summed E-state index contributed by atoms with van der Waals surface area (Å²) in [6.07, 6.45) is 4.27. The van der Waals surface area contributed by atoms with Gasteiger partial charge in [-0.25, -0.2) is 14.5 Å². The number of aromatic nitrogens is 2. The van der Waals surface area contributed by atoms with Crippen LogP contribution < -0.4 is 10.7 Å². The Morgan fingerprint density at radius 3 is 2.61 bits per heavy atom. The normalized spacial score (nSPS) is 15.8. The Morgan fingerprint density at radius 1 is 1.39 bits per heavy atom. The van der Waals surface area contributed by atoms with Crippen LogP contribution in [0.5, 0.6) is 0 Å². The lowest BCUT2D eigenvalue weighted by molar-refractivity contribution is 0.0595. The minimum atomic E-state index is -0.474. The Hall–Kier alpha value is -1.72. The number of piperidine rings is 1. The molecule has 1 saturated heterocycles. The number of methoxy groups -OCH3 is 1. The highest BCUT2D eigenvalue weighted by Gasteiger charge is 2.24. The Morgan fingerprint density at radius 2 is 2.06 bits per heavy atom. The number of carbonyl (C=O) groups is 1. The van der Waals surface area contributed by atoms with Crippen molar-refractivity contribution in [2.24, 2.45) is 0 Å². The SMILES string of the molecule is CCc1nc(C(=O)OC)c(N)n1N1CCCCC1. The first-order valence-electron chi connectivity index (χ1n) is 6.39. The van der Waals surface area contributed by atoms with E-state index in [0.29, 0.717) is 5.82 Å². The van der Waals surface area contributed by atoms with E-state index in [2.05, 4.69) is 9.99 Å². The van der Waals surface area contributed by atoms with Crippen LogP contribution in [-0.4, -0.2) is 35.8 Å². The van der Waals surface area contributed by atoms with Gasteiger partial charge in [0.1, 0.15) is 5.82 Å². The zero-order valence-electron chi connectivity index (χ0n) is 11.0. The Kier molecular flexibility index (Phi) is 3.74. The Bertz CT molecular complexity index is 436. The number of rotatable bonds is 3. The predicted molar refractivity (Wildman–Crippen MR) is 69.2 cm³/mol. The molecular weight excluding hydrogens is 232 g/mol. The van der Waals surface area contributed by atoms with E-state index in [0.717, 1.165) is 38.2 Å². The van der Waals surface area contributed by atoms with E-state index in [4.69, 9.17) is 10.5 Å². The number of hydrogen-bond acceptors (Lipinski definition) is 5. The van der Waals surface area contributed by atoms with Crippen LogP contribution in [0.4, 0.5) is 5.82 Å². The van der Waals surface area contributed by atoms with Gasteiger partial charge in [-0.15, -0.1) is 0 Å². The summed E-state index contributed by atoms with van der Waals surface area (Å²) < 4.78 is 6.58. The molecule has 0 saturated carbocycles. The van der Waals surface area contributed by atoms with Gasteiger partial charge in [-0.3, -0.25) is 0 Å². The summed E-state index contributed by atoms with van der Waals surface area (Å²) in [5, 5.41) is 2.16. The molecule has 0 radical (unpaired) electrons. The lowest BCUT2D eigenvalue weighted by atomic mass is 10.2. The number of nitrogen functional groups attached to an aromatic ring is 1. The molecule has 1 aromatic heterocycles. The Labute approximate surface area is 107 Å². The zero-order valence-corrected chi connectivity index (χ0v) is 11.0. The number of nitrogens with zero attached hydrogens (tertiary/aromatic N) is 3. The van der Waals surface area contributed by atoms with Gasteiger partial charge < -0.3 is 15.5 Å². The summed E-state index contributed by atoms with van der Waals surface area (Å²) in [4.78, 5) is 15.9. The summed E-state index contributed by atoms with van der Waals surface area (Å²) in [7, 11) is 1.34. The largest absolute Gasteiger partial charge is 0.464 e. The first-order valence-corrected chi connectivity index (χ1v) is 6.39. The first kappa shape index (κ1) is 12.7. The molecule has 6 heteroatoms. The maximum atomic E-state index is 11.6. The van der Waals surface area contributed by atoms with Crippen LogP contribution in [0.1, 0.15) is 42.5 Å². The van der Waals surface area contributed by atoms with Crippen molar-refractivity contribution in [1.29, 1.82) is 0 Å². The second-order valence-electron chi connectivity index (χ2n) is 4.43. The van der Waals surface area contributed by atoms with Crippen LogP contribution >= 0.6 is 0 Å². The topological polar surface area (TPSA) is 73.4 Å². The average Bonchev–Trinajstić information content (AvgIpc) is 2.75. The fourth-order valence-electron chi connectivity index (χ4n) is 2.34. The molecule has 1 aliphatic rings. The summed E-state index contributed by atoms with van der Waals surface area (Å²) in [6.45, 7) is 3.91. The average molecular weight is 252 g/mol. The van der Waals surface area contributed by atoms with Crippen LogP contribution in [-0.2, 0) is 11.2 Å². The molecule has 0 bridgehead atoms. The third kappa shape index (κ3) is 2.14. The molecule has 100 valence electrons. The van der Waals surface area contributed by atoms with Gasteiger partial charge in [0.05, 0.1) is 7.11 Å². The zero-order chi connectivity index (χ0) is 13.1. The van der Waals surface area contributed by atoms with Crippen LogP contribution in [0, 0.1) is 0 Å². The van der Waals surface area contributed by atoms with E-state index in [-0.39, 0.29) is 5.69 Å². The second-order valence-corrected chi connectivity index (χ2v) is 4.43. The lowest BCUT2D eigenvalue weighted by Crippen LogP contribution is -2.40. The highest BCUT2D eigenvalue weighted by Crippen LogP contribution is 2.19. The van der Waals surface area contributed by atoms with E-state index in [9.17, 15) is 4.79 Å². The first-order chi connectivity index (χ1) is 8.69. The molecule has 1 aromatic rings. The third-order valence-electron chi connectivity index (χ3n) is 3.27. The minimum Gasteiger partial charge on any atom is -0.464 e. The van der Waals surface area contributed by atoms with Crippen molar-refractivity contribution in [3.05, 3.63) is 11.5 Å². The monoisotopic (exact) mass is 252 g/mol. The van der Waals surface area contributed by atoms with E-state index in [1.165, 1.54) is 13.5 Å². The summed E-state index contributed by atoms with van der Waals surface area (Å²) >= 11 is 0. The van der Waals surface area contributed by atoms with Gasteiger partial charge in [-0.1, -0.05) is 6.92 Å². The molecule has 0 spiro atoms. The van der Waals surface area contributed by atoms with Crippen molar-refractivity contribution in [3.63, 3.8) is 0 Å². The van der Waals surface area contributed by atoms with E-state index in [1.807, 2.05) is 11.6 Å². The number of anilines is 1. The van der Waals surface area contributed by atoms with Crippen LogP contribution in [0.15, 0.2) is 0 Å². The van der Waals surface area contributed by atoms with Gasteiger partial charge in [-0.2, -0.15) is 0 Å². The van der Waals surface area contributed by atoms with Crippen molar-refractivity contribution >= 4 is 11.8 Å². The molecular formula is C12H20N4O2. The van der Waals surface area contributed by atoms with Crippen molar-refractivity contribution < 1.29 is 9.53 Å². The van der Waals surface area contributed by atoms with E-state index >= 15 is 0 Å². The quantitative estimate of drug-likeness (QED) is 0.810. The second kappa shape index (κ2) is 5.29. The molecule has 2 N–H and O–H groups in total. The summed E-state index contributed by atoms with van der Waals surface area (Å²) in [5.74, 6) is 0.730. The van der Waals surface area contributed by atoms with Gasteiger partial charge in [0.2, 0.25) is 0 Å².